The Kier molecular flexibility index (Phi) is 7.75. The van der Waals surface area contributed by atoms with E-state index in [1.807, 2.05) is 44.2 Å². The van der Waals surface area contributed by atoms with Crippen molar-refractivity contribution in [2.45, 2.75) is 26.3 Å². The standard InChI is InChI=1S/C21H23BrN2O4/c1-13-7-8-16(9-14(13)2)21(27)23-12-19(25)24-18(11-20(26)28-3)15-5-4-6-17(22)10-15/h4-10,18H,11-12H2,1-3H3,(H,23,27)(H,24,25). The number of rotatable bonds is 7. The van der Waals surface area contributed by atoms with Gasteiger partial charge in [-0.25, -0.2) is 0 Å². The summed E-state index contributed by atoms with van der Waals surface area (Å²) in [7, 11) is 1.30. The normalized spacial score (nSPS) is 11.4. The summed E-state index contributed by atoms with van der Waals surface area (Å²) in [5.74, 6) is -1.17. The van der Waals surface area contributed by atoms with Gasteiger partial charge in [0.05, 0.1) is 26.1 Å². The SMILES string of the molecule is COC(=O)CC(NC(=O)CNC(=O)c1ccc(C)c(C)c1)c1cccc(Br)c1. The molecule has 6 nitrogen and oxygen atoms in total. The van der Waals surface area contributed by atoms with Crippen molar-refractivity contribution in [2.75, 3.05) is 13.7 Å². The Morgan fingerprint density at radius 2 is 1.82 bits per heavy atom. The molecule has 0 aromatic heterocycles. The fourth-order valence-electron chi connectivity index (χ4n) is 2.62. The Morgan fingerprint density at radius 1 is 1.07 bits per heavy atom. The van der Waals surface area contributed by atoms with Crippen LogP contribution in [0.25, 0.3) is 0 Å². The number of hydrogen-bond donors (Lipinski definition) is 2. The van der Waals surface area contributed by atoms with Gasteiger partial charge in [0.2, 0.25) is 5.91 Å². The lowest BCUT2D eigenvalue weighted by Crippen LogP contribution is -2.39. The van der Waals surface area contributed by atoms with Crippen LogP contribution in [-0.4, -0.2) is 31.4 Å². The first-order valence-electron chi connectivity index (χ1n) is 8.77. The van der Waals surface area contributed by atoms with E-state index in [4.69, 9.17) is 4.74 Å². The van der Waals surface area contributed by atoms with Crippen LogP contribution in [0.5, 0.6) is 0 Å². The number of ether oxygens (including phenoxy) is 1. The number of nitrogens with one attached hydrogen (secondary N) is 2. The maximum absolute atomic E-state index is 12.3. The molecule has 0 spiro atoms. The topological polar surface area (TPSA) is 84.5 Å². The quantitative estimate of drug-likeness (QED) is 0.639. The molecule has 28 heavy (non-hydrogen) atoms. The molecular formula is C21H23BrN2O4. The smallest absolute Gasteiger partial charge is 0.307 e. The number of aryl methyl sites for hydroxylation is 2. The molecular weight excluding hydrogens is 424 g/mol. The number of amides is 2. The van der Waals surface area contributed by atoms with Crippen molar-refractivity contribution in [3.63, 3.8) is 0 Å². The fourth-order valence-corrected chi connectivity index (χ4v) is 3.03. The number of halogens is 1. The van der Waals surface area contributed by atoms with E-state index in [0.717, 1.165) is 21.2 Å². The van der Waals surface area contributed by atoms with Crippen molar-refractivity contribution >= 4 is 33.7 Å². The molecule has 0 aliphatic rings. The van der Waals surface area contributed by atoms with Crippen molar-refractivity contribution in [3.05, 3.63) is 69.2 Å². The summed E-state index contributed by atoms with van der Waals surface area (Å²) in [5, 5.41) is 5.38. The van der Waals surface area contributed by atoms with E-state index in [0.29, 0.717) is 5.56 Å². The summed E-state index contributed by atoms with van der Waals surface area (Å²) in [6, 6.07) is 12.1. The van der Waals surface area contributed by atoms with Gasteiger partial charge in [-0.1, -0.05) is 34.1 Å². The average Bonchev–Trinajstić information content (AvgIpc) is 2.67. The summed E-state index contributed by atoms with van der Waals surface area (Å²) in [5.41, 5.74) is 3.35. The van der Waals surface area contributed by atoms with Crippen LogP contribution in [0, 0.1) is 13.8 Å². The minimum absolute atomic E-state index is 0.0101. The van der Waals surface area contributed by atoms with E-state index in [-0.39, 0.29) is 18.9 Å². The summed E-state index contributed by atoms with van der Waals surface area (Å²) >= 11 is 3.38. The summed E-state index contributed by atoms with van der Waals surface area (Å²) in [6.45, 7) is 3.69. The fraction of sp³-hybridized carbons (Fsp3) is 0.286. The molecule has 0 aliphatic carbocycles. The third kappa shape index (κ3) is 6.20. The van der Waals surface area contributed by atoms with Crippen LogP contribution >= 0.6 is 15.9 Å². The van der Waals surface area contributed by atoms with E-state index >= 15 is 0 Å². The van der Waals surface area contributed by atoms with Gasteiger partial charge in [0.15, 0.2) is 0 Å². The van der Waals surface area contributed by atoms with Gasteiger partial charge < -0.3 is 15.4 Å². The zero-order chi connectivity index (χ0) is 20.7. The molecule has 0 radical (unpaired) electrons. The van der Waals surface area contributed by atoms with E-state index in [1.54, 1.807) is 12.1 Å². The molecule has 0 aliphatic heterocycles. The van der Waals surface area contributed by atoms with E-state index in [2.05, 4.69) is 26.6 Å². The molecule has 2 rings (SSSR count). The Hall–Kier alpha value is -2.67. The van der Waals surface area contributed by atoms with Crippen LogP contribution in [0.1, 0.15) is 39.5 Å². The highest BCUT2D eigenvalue weighted by molar-refractivity contribution is 9.10. The predicted molar refractivity (Wildman–Crippen MR) is 110 cm³/mol. The molecule has 0 bridgehead atoms. The first-order chi connectivity index (χ1) is 13.3. The van der Waals surface area contributed by atoms with Crippen molar-refractivity contribution in [3.8, 4) is 0 Å². The molecule has 0 saturated heterocycles. The second-order valence-corrected chi connectivity index (χ2v) is 7.35. The minimum atomic E-state index is -0.559. The highest BCUT2D eigenvalue weighted by Gasteiger charge is 2.19. The van der Waals surface area contributed by atoms with Gasteiger partial charge in [0.1, 0.15) is 0 Å². The number of carbonyl (C=O) groups is 3. The molecule has 2 amide bonds. The second kappa shape index (κ2) is 10.0. The number of methoxy groups -OCH3 is 1. The van der Waals surface area contributed by atoms with Crippen LogP contribution in [-0.2, 0) is 14.3 Å². The maximum atomic E-state index is 12.3. The number of carbonyl (C=O) groups excluding carboxylic acids is 3. The van der Waals surface area contributed by atoms with E-state index in [1.165, 1.54) is 7.11 Å². The van der Waals surface area contributed by atoms with Crippen molar-refractivity contribution in [1.82, 2.24) is 10.6 Å². The lowest BCUT2D eigenvalue weighted by Gasteiger charge is -2.19. The Labute approximate surface area is 172 Å². The maximum Gasteiger partial charge on any atom is 0.307 e. The Bertz CT molecular complexity index is 882. The highest BCUT2D eigenvalue weighted by atomic mass is 79.9. The third-order valence-electron chi connectivity index (χ3n) is 4.36. The van der Waals surface area contributed by atoms with Gasteiger partial charge in [-0.2, -0.15) is 0 Å². The minimum Gasteiger partial charge on any atom is -0.469 e. The van der Waals surface area contributed by atoms with Crippen molar-refractivity contribution in [2.24, 2.45) is 0 Å². The van der Waals surface area contributed by atoms with Gasteiger partial charge >= 0.3 is 5.97 Å². The monoisotopic (exact) mass is 446 g/mol. The second-order valence-electron chi connectivity index (χ2n) is 6.44. The largest absolute Gasteiger partial charge is 0.469 e. The molecule has 1 unspecified atom stereocenters. The van der Waals surface area contributed by atoms with Gasteiger partial charge in [0.25, 0.3) is 5.91 Å². The van der Waals surface area contributed by atoms with Crippen LogP contribution in [0.15, 0.2) is 46.9 Å². The first-order valence-corrected chi connectivity index (χ1v) is 9.56. The van der Waals surface area contributed by atoms with Crippen molar-refractivity contribution < 1.29 is 19.1 Å². The van der Waals surface area contributed by atoms with Gasteiger partial charge in [-0.3, -0.25) is 14.4 Å². The van der Waals surface area contributed by atoms with Gasteiger partial charge in [0, 0.05) is 10.0 Å². The lowest BCUT2D eigenvalue weighted by molar-refractivity contribution is -0.141. The molecule has 148 valence electrons. The zero-order valence-electron chi connectivity index (χ0n) is 16.0. The van der Waals surface area contributed by atoms with Crippen LogP contribution in [0.2, 0.25) is 0 Å². The lowest BCUT2D eigenvalue weighted by atomic mass is 10.0. The Morgan fingerprint density at radius 3 is 2.46 bits per heavy atom. The summed E-state index contributed by atoms with van der Waals surface area (Å²) < 4.78 is 5.55. The Balaban J connectivity index is 2.01. The van der Waals surface area contributed by atoms with Crippen molar-refractivity contribution in [1.29, 1.82) is 0 Å². The van der Waals surface area contributed by atoms with Crippen LogP contribution in [0.3, 0.4) is 0 Å². The average molecular weight is 447 g/mol. The predicted octanol–water partition coefficient (Wildman–Crippen LogP) is 3.22. The molecule has 2 N–H and O–H groups in total. The molecule has 1 atom stereocenters. The third-order valence-corrected chi connectivity index (χ3v) is 4.86. The summed E-state index contributed by atoms with van der Waals surface area (Å²) in [6.07, 6.45) is -0.0101. The van der Waals surface area contributed by atoms with Crippen LogP contribution < -0.4 is 10.6 Å². The number of benzene rings is 2. The van der Waals surface area contributed by atoms with Gasteiger partial charge in [-0.05, 0) is 54.8 Å². The highest BCUT2D eigenvalue weighted by Crippen LogP contribution is 2.21. The first kappa shape index (κ1) is 21.6. The van der Waals surface area contributed by atoms with Crippen LogP contribution in [0.4, 0.5) is 0 Å². The molecule has 0 saturated carbocycles. The molecule has 7 heteroatoms. The zero-order valence-corrected chi connectivity index (χ0v) is 17.6. The van der Waals surface area contributed by atoms with E-state index in [9.17, 15) is 14.4 Å². The van der Waals surface area contributed by atoms with E-state index < -0.39 is 17.9 Å². The molecule has 2 aromatic rings. The van der Waals surface area contributed by atoms with Gasteiger partial charge in [-0.15, -0.1) is 0 Å². The molecule has 0 heterocycles. The number of esters is 1. The molecule has 0 fully saturated rings. The summed E-state index contributed by atoms with van der Waals surface area (Å²) in [4.78, 5) is 36.3. The number of hydrogen-bond acceptors (Lipinski definition) is 4. The molecule has 2 aromatic carbocycles.